The molecule has 1 atom stereocenters. The van der Waals surface area contributed by atoms with Crippen LogP contribution in [0.25, 0.3) is 0 Å². The van der Waals surface area contributed by atoms with Crippen molar-refractivity contribution in [2.45, 2.75) is 38.1 Å². The molecule has 4 heteroatoms. The smallest absolute Gasteiger partial charge is 0.242 e. The van der Waals surface area contributed by atoms with E-state index in [9.17, 15) is 4.79 Å². The largest absolute Gasteiger partial charge is 0.385 e. The minimum atomic E-state index is 0.244. The predicted octanol–water partition coefficient (Wildman–Crippen LogP) is 2.93. The predicted molar refractivity (Wildman–Crippen MR) is 90.2 cm³/mol. The van der Waals surface area contributed by atoms with Crippen LogP contribution in [0.1, 0.15) is 32.1 Å². The van der Waals surface area contributed by atoms with Gasteiger partial charge < -0.3 is 14.5 Å². The van der Waals surface area contributed by atoms with Gasteiger partial charge in [0.15, 0.2) is 0 Å². The van der Waals surface area contributed by atoms with Gasteiger partial charge in [-0.1, -0.05) is 18.2 Å². The summed E-state index contributed by atoms with van der Waals surface area (Å²) in [6.07, 6.45) is 5.57. The molecule has 0 bridgehead atoms. The van der Waals surface area contributed by atoms with E-state index in [1.54, 1.807) is 7.11 Å². The molecular formula is C18H28N2O2. The topological polar surface area (TPSA) is 32.8 Å². The lowest BCUT2D eigenvalue weighted by molar-refractivity contribution is -0.133. The van der Waals surface area contributed by atoms with Gasteiger partial charge in [-0.25, -0.2) is 0 Å². The molecule has 122 valence electrons. The molecule has 1 aliphatic heterocycles. The molecule has 0 aliphatic carbocycles. The number of hydrogen-bond donors (Lipinski definition) is 0. The van der Waals surface area contributed by atoms with Crippen LogP contribution in [0.15, 0.2) is 30.3 Å². The molecule has 1 aromatic carbocycles. The molecule has 4 nitrogen and oxygen atoms in total. The zero-order valence-corrected chi connectivity index (χ0v) is 13.8. The number of carbonyl (C=O) groups is 1. The zero-order chi connectivity index (χ0) is 15.8. The number of likely N-dealkylation sites (tertiary alicyclic amines) is 1. The molecule has 0 aromatic heterocycles. The van der Waals surface area contributed by atoms with Gasteiger partial charge in [-0.2, -0.15) is 0 Å². The lowest BCUT2D eigenvalue weighted by Crippen LogP contribution is -2.47. The van der Waals surface area contributed by atoms with Crippen molar-refractivity contribution in [3.63, 3.8) is 0 Å². The van der Waals surface area contributed by atoms with E-state index in [0.717, 1.165) is 44.5 Å². The Morgan fingerprint density at radius 1 is 1.32 bits per heavy atom. The van der Waals surface area contributed by atoms with Crippen molar-refractivity contribution in [3.8, 4) is 0 Å². The van der Waals surface area contributed by atoms with E-state index in [1.165, 1.54) is 6.42 Å². The number of benzene rings is 1. The van der Waals surface area contributed by atoms with Crippen molar-refractivity contribution in [3.05, 3.63) is 30.3 Å². The molecule has 0 N–H and O–H groups in total. The molecule has 1 unspecified atom stereocenters. The lowest BCUT2D eigenvalue weighted by Gasteiger charge is -2.37. The van der Waals surface area contributed by atoms with Crippen molar-refractivity contribution in [1.29, 1.82) is 0 Å². The third-order valence-corrected chi connectivity index (χ3v) is 4.40. The Kier molecular flexibility index (Phi) is 6.72. The number of nitrogens with zero attached hydrogens (tertiary/aromatic N) is 2. The maximum absolute atomic E-state index is 12.7. The van der Waals surface area contributed by atoms with Gasteiger partial charge in [0.1, 0.15) is 0 Å². The van der Waals surface area contributed by atoms with Gasteiger partial charge in [0.05, 0.1) is 6.54 Å². The number of methoxy groups -OCH3 is 1. The van der Waals surface area contributed by atoms with E-state index in [1.807, 2.05) is 42.3 Å². The van der Waals surface area contributed by atoms with Crippen molar-refractivity contribution in [2.24, 2.45) is 0 Å². The molecule has 0 saturated carbocycles. The highest BCUT2D eigenvalue weighted by Gasteiger charge is 2.26. The molecule has 0 radical (unpaired) electrons. The van der Waals surface area contributed by atoms with Crippen LogP contribution in [-0.4, -0.2) is 50.7 Å². The van der Waals surface area contributed by atoms with Gasteiger partial charge in [-0.05, 0) is 44.2 Å². The van der Waals surface area contributed by atoms with Crippen molar-refractivity contribution in [1.82, 2.24) is 4.90 Å². The Morgan fingerprint density at radius 3 is 2.82 bits per heavy atom. The van der Waals surface area contributed by atoms with Gasteiger partial charge in [0, 0.05) is 39.0 Å². The molecule has 1 aromatic rings. The van der Waals surface area contributed by atoms with Crippen LogP contribution in [0.5, 0.6) is 0 Å². The fraction of sp³-hybridized carbons (Fsp3) is 0.611. The standard InChI is InChI=1S/C18H28N2O2/c1-19(16-9-4-3-5-10-16)15-18(21)20-13-7-6-11-17(20)12-8-14-22-2/h3-5,9-10,17H,6-8,11-15H2,1-2H3. The monoisotopic (exact) mass is 304 g/mol. The van der Waals surface area contributed by atoms with E-state index in [2.05, 4.69) is 4.90 Å². The normalized spacial score (nSPS) is 18.3. The van der Waals surface area contributed by atoms with E-state index >= 15 is 0 Å². The van der Waals surface area contributed by atoms with E-state index in [4.69, 9.17) is 4.74 Å². The second-order valence-electron chi connectivity index (χ2n) is 6.06. The number of anilines is 1. The molecule has 1 heterocycles. The van der Waals surface area contributed by atoms with E-state index in [0.29, 0.717) is 12.6 Å². The second-order valence-corrected chi connectivity index (χ2v) is 6.06. The number of piperidine rings is 1. The van der Waals surface area contributed by atoms with Crippen LogP contribution in [0.2, 0.25) is 0 Å². The number of para-hydroxylation sites is 1. The second kappa shape index (κ2) is 8.79. The van der Waals surface area contributed by atoms with Gasteiger partial charge in [0.25, 0.3) is 0 Å². The summed E-state index contributed by atoms with van der Waals surface area (Å²) in [4.78, 5) is 16.8. The lowest BCUT2D eigenvalue weighted by atomic mass is 9.98. The third kappa shape index (κ3) is 4.73. The molecule has 1 fully saturated rings. The Bertz CT molecular complexity index is 450. The van der Waals surface area contributed by atoms with Crippen LogP contribution in [0.4, 0.5) is 5.69 Å². The maximum Gasteiger partial charge on any atom is 0.242 e. The van der Waals surface area contributed by atoms with Crippen LogP contribution >= 0.6 is 0 Å². The van der Waals surface area contributed by atoms with Crippen LogP contribution in [0.3, 0.4) is 0 Å². The summed E-state index contributed by atoms with van der Waals surface area (Å²) < 4.78 is 5.14. The fourth-order valence-corrected chi connectivity index (χ4v) is 3.16. The Hall–Kier alpha value is -1.55. The van der Waals surface area contributed by atoms with Gasteiger partial charge >= 0.3 is 0 Å². The quantitative estimate of drug-likeness (QED) is 0.726. The summed E-state index contributed by atoms with van der Waals surface area (Å²) in [5, 5.41) is 0. The molecule has 1 aliphatic rings. The number of amides is 1. The Balaban J connectivity index is 1.91. The zero-order valence-electron chi connectivity index (χ0n) is 13.8. The average molecular weight is 304 g/mol. The summed E-state index contributed by atoms with van der Waals surface area (Å²) >= 11 is 0. The number of likely N-dealkylation sites (N-methyl/N-ethyl adjacent to an activating group) is 1. The Morgan fingerprint density at radius 2 is 2.09 bits per heavy atom. The highest BCUT2D eigenvalue weighted by atomic mass is 16.5. The average Bonchev–Trinajstić information content (AvgIpc) is 2.56. The maximum atomic E-state index is 12.7. The number of hydrogen-bond acceptors (Lipinski definition) is 3. The van der Waals surface area contributed by atoms with Gasteiger partial charge in [-0.15, -0.1) is 0 Å². The molecule has 0 spiro atoms. The fourth-order valence-electron chi connectivity index (χ4n) is 3.16. The first-order chi connectivity index (χ1) is 10.7. The Labute approximate surface area is 134 Å². The van der Waals surface area contributed by atoms with Crippen molar-refractivity contribution >= 4 is 11.6 Å². The molecular weight excluding hydrogens is 276 g/mol. The van der Waals surface area contributed by atoms with Crippen LogP contribution < -0.4 is 4.90 Å². The number of rotatable bonds is 7. The van der Waals surface area contributed by atoms with Crippen LogP contribution in [-0.2, 0) is 9.53 Å². The highest BCUT2D eigenvalue weighted by Crippen LogP contribution is 2.22. The molecule has 2 rings (SSSR count). The third-order valence-electron chi connectivity index (χ3n) is 4.40. The van der Waals surface area contributed by atoms with E-state index in [-0.39, 0.29) is 5.91 Å². The highest BCUT2D eigenvalue weighted by molar-refractivity contribution is 5.81. The number of carbonyl (C=O) groups excluding carboxylic acids is 1. The van der Waals surface area contributed by atoms with Crippen molar-refractivity contribution in [2.75, 3.05) is 38.8 Å². The van der Waals surface area contributed by atoms with E-state index < -0.39 is 0 Å². The number of ether oxygens (including phenoxy) is 1. The first-order valence-corrected chi connectivity index (χ1v) is 8.27. The molecule has 1 amide bonds. The SMILES string of the molecule is COCCCC1CCCCN1C(=O)CN(C)c1ccccc1. The minimum absolute atomic E-state index is 0.244. The minimum Gasteiger partial charge on any atom is -0.385 e. The van der Waals surface area contributed by atoms with Crippen LogP contribution in [0, 0.1) is 0 Å². The summed E-state index contributed by atoms with van der Waals surface area (Å²) in [6.45, 7) is 2.13. The molecule has 22 heavy (non-hydrogen) atoms. The summed E-state index contributed by atoms with van der Waals surface area (Å²) in [5.74, 6) is 0.244. The summed E-state index contributed by atoms with van der Waals surface area (Å²) in [7, 11) is 3.72. The van der Waals surface area contributed by atoms with Gasteiger partial charge in [-0.3, -0.25) is 4.79 Å². The summed E-state index contributed by atoms with van der Waals surface area (Å²) in [6, 6.07) is 10.5. The first kappa shape index (κ1) is 16.8. The molecule has 1 saturated heterocycles. The van der Waals surface area contributed by atoms with Crippen molar-refractivity contribution < 1.29 is 9.53 Å². The van der Waals surface area contributed by atoms with Gasteiger partial charge in [0.2, 0.25) is 5.91 Å². The first-order valence-electron chi connectivity index (χ1n) is 8.27. The summed E-state index contributed by atoms with van der Waals surface area (Å²) in [5.41, 5.74) is 1.09.